The zero-order valence-electron chi connectivity index (χ0n) is 7.19. The standard InChI is InChI=1S/C10H12FNO/c11-7-4-8-13-10(12)9-5-2-1-3-6-9/h1-7,10H,8,12H2. The molecule has 1 rings (SSSR count). The Morgan fingerprint density at radius 3 is 2.69 bits per heavy atom. The summed E-state index contributed by atoms with van der Waals surface area (Å²) in [7, 11) is 0. The summed E-state index contributed by atoms with van der Waals surface area (Å²) >= 11 is 0. The maximum atomic E-state index is 11.5. The summed E-state index contributed by atoms with van der Waals surface area (Å²) in [6, 6.07) is 9.39. The monoisotopic (exact) mass is 181 g/mol. The third-order valence-corrected chi connectivity index (χ3v) is 1.59. The average molecular weight is 181 g/mol. The molecule has 0 saturated heterocycles. The van der Waals surface area contributed by atoms with Crippen molar-refractivity contribution in [1.29, 1.82) is 0 Å². The Balaban J connectivity index is 2.44. The second-order valence-electron chi connectivity index (χ2n) is 2.53. The number of nitrogens with two attached hydrogens (primary N) is 1. The zero-order chi connectivity index (χ0) is 9.52. The van der Waals surface area contributed by atoms with Gasteiger partial charge in [-0.25, -0.2) is 4.39 Å². The molecule has 0 bridgehead atoms. The van der Waals surface area contributed by atoms with Gasteiger partial charge in [-0.3, -0.25) is 0 Å². The molecule has 13 heavy (non-hydrogen) atoms. The highest BCUT2D eigenvalue weighted by Gasteiger charge is 2.02. The van der Waals surface area contributed by atoms with Crippen LogP contribution in [0.25, 0.3) is 0 Å². The summed E-state index contributed by atoms with van der Waals surface area (Å²) in [6.45, 7) is 0.187. The second-order valence-corrected chi connectivity index (χ2v) is 2.53. The van der Waals surface area contributed by atoms with Gasteiger partial charge in [-0.15, -0.1) is 0 Å². The van der Waals surface area contributed by atoms with Crippen LogP contribution >= 0.6 is 0 Å². The molecule has 3 heteroatoms. The number of benzene rings is 1. The molecule has 0 amide bonds. The van der Waals surface area contributed by atoms with Crippen LogP contribution in [0.3, 0.4) is 0 Å². The van der Waals surface area contributed by atoms with Gasteiger partial charge in [0.1, 0.15) is 6.23 Å². The van der Waals surface area contributed by atoms with Crippen molar-refractivity contribution in [3.63, 3.8) is 0 Å². The van der Waals surface area contributed by atoms with Crippen LogP contribution < -0.4 is 5.73 Å². The van der Waals surface area contributed by atoms with E-state index in [1.54, 1.807) is 0 Å². The summed E-state index contributed by atoms with van der Waals surface area (Å²) < 4.78 is 16.7. The first-order valence-electron chi connectivity index (χ1n) is 4.02. The third kappa shape index (κ3) is 3.36. The van der Waals surface area contributed by atoms with E-state index in [9.17, 15) is 4.39 Å². The lowest BCUT2D eigenvalue weighted by Crippen LogP contribution is -2.14. The van der Waals surface area contributed by atoms with Crippen molar-refractivity contribution in [2.45, 2.75) is 6.23 Å². The SMILES string of the molecule is NC(OCC=CF)c1ccccc1. The van der Waals surface area contributed by atoms with E-state index in [4.69, 9.17) is 10.5 Å². The Hall–Kier alpha value is -1.19. The van der Waals surface area contributed by atoms with Crippen molar-refractivity contribution in [3.8, 4) is 0 Å². The van der Waals surface area contributed by atoms with E-state index in [-0.39, 0.29) is 6.61 Å². The summed E-state index contributed by atoms with van der Waals surface area (Å²) in [4.78, 5) is 0. The first-order valence-corrected chi connectivity index (χ1v) is 4.02. The molecule has 0 spiro atoms. The molecule has 1 unspecified atom stereocenters. The number of rotatable bonds is 4. The van der Waals surface area contributed by atoms with Crippen LogP contribution in [-0.2, 0) is 4.74 Å². The summed E-state index contributed by atoms with van der Waals surface area (Å²) in [5, 5.41) is 0. The molecule has 0 fully saturated rings. The fraction of sp³-hybridized carbons (Fsp3) is 0.200. The Labute approximate surface area is 76.8 Å². The van der Waals surface area contributed by atoms with Crippen molar-refractivity contribution in [2.24, 2.45) is 5.73 Å². The minimum Gasteiger partial charge on any atom is -0.355 e. The smallest absolute Gasteiger partial charge is 0.132 e. The Bertz CT molecular complexity index is 261. The van der Waals surface area contributed by atoms with E-state index in [1.807, 2.05) is 30.3 Å². The molecule has 2 N–H and O–H groups in total. The molecule has 1 aromatic carbocycles. The molecule has 0 aliphatic carbocycles. The molecular weight excluding hydrogens is 169 g/mol. The predicted octanol–water partition coefficient (Wildman–Crippen LogP) is 2.14. The number of hydrogen-bond acceptors (Lipinski definition) is 2. The van der Waals surface area contributed by atoms with Gasteiger partial charge in [0, 0.05) is 0 Å². The fourth-order valence-electron chi connectivity index (χ4n) is 0.935. The van der Waals surface area contributed by atoms with Crippen LogP contribution in [-0.4, -0.2) is 6.61 Å². The zero-order valence-corrected chi connectivity index (χ0v) is 7.19. The number of hydrogen-bond donors (Lipinski definition) is 1. The number of ether oxygens (including phenoxy) is 1. The summed E-state index contributed by atoms with van der Waals surface area (Å²) in [6.07, 6.45) is 1.22. The van der Waals surface area contributed by atoms with Crippen molar-refractivity contribution in [2.75, 3.05) is 6.61 Å². The summed E-state index contributed by atoms with van der Waals surface area (Å²) in [5.74, 6) is 0. The minimum atomic E-state index is -0.489. The average Bonchev–Trinajstić information content (AvgIpc) is 2.19. The molecule has 0 saturated carbocycles. The van der Waals surface area contributed by atoms with E-state index in [0.29, 0.717) is 6.33 Å². The fourth-order valence-corrected chi connectivity index (χ4v) is 0.935. The molecule has 70 valence electrons. The van der Waals surface area contributed by atoms with E-state index < -0.39 is 6.23 Å². The Kier molecular flexibility index (Phi) is 4.15. The van der Waals surface area contributed by atoms with Gasteiger partial charge in [-0.1, -0.05) is 30.3 Å². The Morgan fingerprint density at radius 1 is 1.38 bits per heavy atom. The first-order chi connectivity index (χ1) is 6.34. The van der Waals surface area contributed by atoms with Gasteiger partial charge >= 0.3 is 0 Å². The molecule has 0 aromatic heterocycles. The van der Waals surface area contributed by atoms with Gasteiger partial charge in [-0.2, -0.15) is 0 Å². The second kappa shape index (κ2) is 5.45. The molecule has 0 aliphatic heterocycles. The van der Waals surface area contributed by atoms with E-state index >= 15 is 0 Å². The van der Waals surface area contributed by atoms with Gasteiger partial charge in [0.2, 0.25) is 0 Å². The normalized spacial score (nSPS) is 13.4. The van der Waals surface area contributed by atoms with Gasteiger partial charge in [0.05, 0.1) is 12.9 Å². The van der Waals surface area contributed by atoms with Crippen molar-refractivity contribution < 1.29 is 9.13 Å². The quantitative estimate of drug-likeness (QED) is 0.722. The molecule has 1 atom stereocenters. The van der Waals surface area contributed by atoms with E-state index in [1.165, 1.54) is 6.08 Å². The van der Waals surface area contributed by atoms with Gasteiger partial charge in [0.15, 0.2) is 0 Å². The molecule has 0 aliphatic rings. The Morgan fingerprint density at radius 2 is 2.08 bits per heavy atom. The van der Waals surface area contributed by atoms with Crippen molar-refractivity contribution in [3.05, 3.63) is 48.3 Å². The maximum absolute atomic E-state index is 11.5. The van der Waals surface area contributed by atoms with Crippen molar-refractivity contribution >= 4 is 0 Å². The van der Waals surface area contributed by atoms with E-state index in [2.05, 4.69) is 0 Å². The first kappa shape index (κ1) is 9.89. The van der Waals surface area contributed by atoms with Crippen LogP contribution in [0, 0.1) is 0 Å². The van der Waals surface area contributed by atoms with Crippen LogP contribution in [0.15, 0.2) is 42.7 Å². The molecule has 0 heterocycles. The van der Waals surface area contributed by atoms with E-state index in [0.717, 1.165) is 5.56 Å². The number of halogens is 1. The lowest BCUT2D eigenvalue weighted by atomic mass is 10.2. The third-order valence-electron chi connectivity index (χ3n) is 1.59. The van der Waals surface area contributed by atoms with Gasteiger partial charge in [-0.05, 0) is 11.6 Å². The largest absolute Gasteiger partial charge is 0.355 e. The van der Waals surface area contributed by atoms with Crippen LogP contribution in [0.5, 0.6) is 0 Å². The highest BCUT2D eigenvalue weighted by atomic mass is 19.1. The molecular formula is C10H12FNO. The molecule has 0 radical (unpaired) electrons. The maximum Gasteiger partial charge on any atom is 0.132 e. The van der Waals surface area contributed by atoms with Crippen LogP contribution in [0.2, 0.25) is 0 Å². The minimum absolute atomic E-state index is 0.187. The van der Waals surface area contributed by atoms with Crippen LogP contribution in [0.1, 0.15) is 11.8 Å². The molecule has 2 nitrogen and oxygen atoms in total. The highest BCUT2D eigenvalue weighted by molar-refractivity contribution is 5.16. The molecule has 1 aromatic rings. The summed E-state index contributed by atoms with van der Waals surface area (Å²) in [5.41, 5.74) is 6.54. The van der Waals surface area contributed by atoms with Crippen molar-refractivity contribution in [1.82, 2.24) is 0 Å². The lowest BCUT2D eigenvalue weighted by Gasteiger charge is -2.10. The van der Waals surface area contributed by atoms with Gasteiger partial charge < -0.3 is 10.5 Å². The topological polar surface area (TPSA) is 35.2 Å². The lowest BCUT2D eigenvalue weighted by molar-refractivity contribution is 0.0789. The predicted molar refractivity (Wildman–Crippen MR) is 49.6 cm³/mol. The van der Waals surface area contributed by atoms with Crippen LogP contribution in [0.4, 0.5) is 4.39 Å². The highest BCUT2D eigenvalue weighted by Crippen LogP contribution is 2.10. The van der Waals surface area contributed by atoms with Gasteiger partial charge in [0.25, 0.3) is 0 Å².